The Hall–Kier alpha value is -2.81. The van der Waals surface area contributed by atoms with Crippen molar-refractivity contribution in [3.63, 3.8) is 0 Å². The number of carbonyl (C=O) groups is 2. The molecule has 1 aromatic carbocycles. The summed E-state index contributed by atoms with van der Waals surface area (Å²) in [4.78, 5) is 23.3. The molecule has 132 valence electrons. The number of anilines is 1. The van der Waals surface area contributed by atoms with Gasteiger partial charge in [-0.05, 0) is 36.2 Å². The molecule has 0 radical (unpaired) electrons. The summed E-state index contributed by atoms with van der Waals surface area (Å²) in [5.74, 6) is 0.324. The first-order chi connectivity index (χ1) is 12.1. The van der Waals surface area contributed by atoms with E-state index in [1.165, 1.54) is 17.6 Å². The van der Waals surface area contributed by atoms with Crippen molar-refractivity contribution >= 4 is 34.5 Å². The molecule has 9 heteroatoms. The van der Waals surface area contributed by atoms with E-state index in [4.69, 9.17) is 4.74 Å². The summed E-state index contributed by atoms with van der Waals surface area (Å²) in [6.07, 6.45) is 2.76. The first kappa shape index (κ1) is 18.5. The van der Waals surface area contributed by atoms with Crippen LogP contribution >= 0.6 is 11.3 Å². The lowest BCUT2D eigenvalue weighted by Crippen LogP contribution is -2.19. The van der Waals surface area contributed by atoms with Crippen molar-refractivity contribution in [1.29, 1.82) is 0 Å². The highest BCUT2D eigenvalue weighted by Crippen LogP contribution is 2.16. The van der Waals surface area contributed by atoms with Gasteiger partial charge in [-0.1, -0.05) is 18.3 Å². The highest BCUT2D eigenvalue weighted by Gasteiger charge is 2.10. The summed E-state index contributed by atoms with van der Waals surface area (Å²) >= 11 is 1.17. The van der Waals surface area contributed by atoms with Crippen LogP contribution < -0.4 is 15.5 Å². The number of benzene rings is 1. The maximum absolute atomic E-state index is 11.8. The molecule has 0 fully saturated rings. The molecule has 0 spiro atoms. The molecule has 0 saturated heterocycles. The Morgan fingerprint density at radius 2 is 2.00 bits per heavy atom. The van der Waals surface area contributed by atoms with Crippen LogP contribution in [0, 0.1) is 0 Å². The average Bonchev–Trinajstić information content (AvgIpc) is 3.02. The van der Waals surface area contributed by atoms with Crippen LogP contribution in [0.1, 0.15) is 30.3 Å². The summed E-state index contributed by atoms with van der Waals surface area (Å²) in [6, 6.07) is 7.26. The van der Waals surface area contributed by atoms with Crippen LogP contribution in [-0.2, 0) is 16.0 Å². The molecular weight excluding hydrogens is 342 g/mol. The zero-order valence-electron chi connectivity index (χ0n) is 14.0. The maximum Gasteiger partial charge on any atom is 0.247 e. The second-order valence-corrected chi connectivity index (χ2v) is 6.10. The molecular formula is C16H19N5O3S. The van der Waals surface area contributed by atoms with E-state index in [1.807, 2.05) is 19.1 Å². The summed E-state index contributed by atoms with van der Waals surface area (Å²) in [7, 11) is 1.59. The normalized spacial score (nSPS) is 10.6. The summed E-state index contributed by atoms with van der Waals surface area (Å²) in [5.41, 5.74) is 3.26. The highest BCUT2D eigenvalue weighted by molar-refractivity contribution is 7.15. The van der Waals surface area contributed by atoms with E-state index >= 15 is 0 Å². The molecule has 2 rings (SSSR count). The molecule has 8 nitrogen and oxygen atoms in total. The number of carbonyl (C=O) groups excluding carboxylic acids is 2. The number of methoxy groups -OCH3 is 1. The van der Waals surface area contributed by atoms with Gasteiger partial charge in [0.15, 0.2) is 0 Å². The molecule has 0 atom stereocenters. The molecule has 0 aliphatic carbocycles. The Bertz CT molecular complexity index is 742. The van der Waals surface area contributed by atoms with Crippen molar-refractivity contribution < 1.29 is 14.3 Å². The van der Waals surface area contributed by atoms with Crippen molar-refractivity contribution in [3.8, 4) is 5.75 Å². The fourth-order valence-electron chi connectivity index (χ4n) is 1.83. The SMILES string of the molecule is CCCC(=O)Nc1nnc(CC(=O)N/N=C/c2ccc(OC)cc2)s1. The van der Waals surface area contributed by atoms with E-state index in [2.05, 4.69) is 26.0 Å². The molecule has 0 aliphatic rings. The van der Waals surface area contributed by atoms with E-state index in [0.717, 1.165) is 17.7 Å². The summed E-state index contributed by atoms with van der Waals surface area (Å²) in [6.45, 7) is 1.92. The fourth-order valence-corrected chi connectivity index (χ4v) is 2.58. The third-order valence-corrected chi connectivity index (χ3v) is 3.86. The number of amides is 2. The van der Waals surface area contributed by atoms with Crippen molar-refractivity contribution in [2.24, 2.45) is 5.10 Å². The molecule has 2 N–H and O–H groups in total. The van der Waals surface area contributed by atoms with Gasteiger partial charge in [-0.25, -0.2) is 5.43 Å². The first-order valence-electron chi connectivity index (χ1n) is 7.69. The molecule has 2 amide bonds. The summed E-state index contributed by atoms with van der Waals surface area (Å²) in [5, 5.41) is 15.2. The molecule has 25 heavy (non-hydrogen) atoms. The van der Waals surface area contributed by atoms with Crippen molar-refractivity contribution in [2.75, 3.05) is 12.4 Å². The number of nitrogens with one attached hydrogen (secondary N) is 2. The van der Waals surface area contributed by atoms with Crippen LogP contribution in [0.25, 0.3) is 0 Å². The monoisotopic (exact) mass is 361 g/mol. The van der Waals surface area contributed by atoms with E-state index in [1.54, 1.807) is 19.2 Å². The Morgan fingerprint density at radius 1 is 1.24 bits per heavy atom. The number of hydrogen-bond donors (Lipinski definition) is 2. The Labute approximate surface area is 149 Å². The minimum atomic E-state index is -0.313. The maximum atomic E-state index is 11.8. The van der Waals surface area contributed by atoms with Gasteiger partial charge in [0.05, 0.1) is 19.7 Å². The van der Waals surface area contributed by atoms with Crippen LogP contribution in [-0.4, -0.2) is 35.3 Å². The second-order valence-electron chi connectivity index (χ2n) is 5.04. The van der Waals surface area contributed by atoms with Gasteiger partial charge in [-0.2, -0.15) is 5.10 Å². The molecule has 0 bridgehead atoms. The lowest BCUT2D eigenvalue weighted by Gasteiger charge is -1.99. The molecule has 0 saturated carbocycles. The van der Waals surface area contributed by atoms with Gasteiger partial charge in [0.2, 0.25) is 16.9 Å². The van der Waals surface area contributed by atoms with Crippen LogP contribution in [0.15, 0.2) is 29.4 Å². The zero-order valence-corrected chi connectivity index (χ0v) is 14.8. The standard InChI is InChI=1S/C16H19N5O3S/c1-3-4-13(22)18-16-21-20-15(25-16)9-14(23)19-17-10-11-5-7-12(24-2)8-6-11/h5-8,10H,3-4,9H2,1-2H3,(H,19,23)(H,18,21,22)/b17-10+. The van der Waals surface area contributed by atoms with E-state index in [0.29, 0.717) is 16.6 Å². The van der Waals surface area contributed by atoms with E-state index in [9.17, 15) is 9.59 Å². The lowest BCUT2D eigenvalue weighted by molar-refractivity contribution is -0.120. The number of hydrogen-bond acceptors (Lipinski definition) is 7. The minimum absolute atomic E-state index is 0.0429. The van der Waals surface area contributed by atoms with Crippen molar-refractivity contribution in [3.05, 3.63) is 34.8 Å². The fraction of sp³-hybridized carbons (Fsp3) is 0.312. The Morgan fingerprint density at radius 3 is 2.68 bits per heavy atom. The van der Waals surface area contributed by atoms with Gasteiger partial charge >= 0.3 is 0 Å². The molecule has 0 unspecified atom stereocenters. The van der Waals surface area contributed by atoms with Gasteiger partial charge < -0.3 is 10.1 Å². The minimum Gasteiger partial charge on any atom is -0.497 e. The Balaban J connectivity index is 1.80. The topological polar surface area (TPSA) is 106 Å². The van der Waals surface area contributed by atoms with Crippen LogP contribution in [0.4, 0.5) is 5.13 Å². The number of hydrazone groups is 1. The second kappa shape index (κ2) is 9.48. The van der Waals surface area contributed by atoms with Gasteiger partial charge in [0.1, 0.15) is 10.8 Å². The van der Waals surface area contributed by atoms with Gasteiger partial charge in [-0.15, -0.1) is 10.2 Å². The van der Waals surface area contributed by atoms with Crippen molar-refractivity contribution in [2.45, 2.75) is 26.2 Å². The third-order valence-electron chi connectivity index (χ3n) is 3.02. The van der Waals surface area contributed by atoms with Crippen LogP contribution in [0.5, 0.6) is 5.75 Å². The van der Waals surface area contributed by atoms with E-state index < -0.39 is 0 Å². The van der Waals surface area contributed by atoms with Crippen LogP contribution in [0.3, 0.4) is 0 Å². The van der Waals surface area contributed by atoms with Crippen LogP contribution in [0.2, 0.25) is 0 Å². The van der Waals surface area contributed by atoms with E-state index in [-0.39, 0.29) is 18.2 Å². The number of rotatable bonds is 8. The number of ether oxygens (including phenoxy) is 1. The summed E-state index contributed by atoms with van der Waals surface area (Å²) < 4.78 is 5.07. The Kier molecular flexibility index (Phi) is 7.02. The quantitative estimate of drug-likeness (QED) is 0.552. The zero-order chi connectivity index (χ0) is 18.1. The third kappa shape index (κ3) is 6.30. The predicted octanol–water partition coefficient (Wildman–Crippen LogP) is 1.98. The van der Waals surface area contributed by atoms with Gasteiger partial charge in [0.25, 0.3) is 0 Å². The van der Waals surface area contributed by atoms with Gasteiger partial charge in [-0.3, -0.25) is 9.59 Å². The average molecular weight is 361 g/mol. The molecule has 0 aliphatic heterocycles. The number of nitrogens with zero attached hydrogens (tertiary/aromatic N) is 3. The highest BCUT2D eigenvalue weighted by atomic mass is 32.1. The first-order valence-corrected chi connectivity index (χ1v) is 8.50. The lowest BCUT2D eigenvalue weighted by atomic mass is 10.2. The predicted molar refractivity (Wildman–Crippen MR) is 95.9 cm³/mol. The molecule has 1 aromatic heterocycles. The smallest absolute Gasteiger partial charge is 0.247 e. The molecule has 1 heterocycles. The van der Waals surface area contributed by atoms with Gasteiger partial charge in [0, 0.05) is 6.42 Å². The van der Waals surface area contributed by atoms with Crippen molar-refractivity contribution in [1.82, 2.24) is 15.6 Å². The number of aromatic nitrogens is 2. The molecule has 2 aromatic rings. The largest absolute Gasteiger partial charge is 0.497 e.